The second kappa shape index (κ2) is 16.2. The summed E-state index contributed by atoms with van der Waals surface area (Å²) in [5.41, 5.74) is 3.17. The molecule has 0 aliphatic rings. The van der Waals surface area contributed by atoms with Gasteiger partial charge in [0.05, 0.1) is 0 Å². The SMILES string of the molecule is O=C(O)COc1ccc(/C=C(\NC(=O)c2ccccc2)C(=O)NCCCCc2ccccc2)cc1OCc1ccccc1. The molecule has 2 amide bonds. The Balaban J connectivity index is 1.51. The van der Waals surface area contributed by atoms with Gasteiger partial charge >= 0.3 is 5.97 Å². The molecular formula is C35H34N2O6. The molecule has 0 atom stereocenters. The standard InChI is InChI=1S/C35H34N2O6/c38-33(39)25-43-31-20-19-28(23-32(31)42-24-27-15-6-2-7-16-27)22-30(37-34(40)29-17-8-3-9-18-29)35(41)36-21-11-10-14-26-12-4-1-5-13-26/h1-9,12-13,15-20,22-23H,10-11,14,21,24-25H2,(H,36,41)(H,37,40)(H,38,39)/b30-22-. The van der Waals surface area contributed by atoms with Crippen LogP contribution in [0.2, 0.25) is 0 Å². The number of aryl methyl sites for hydroxylation is 1. The van der Waals surface area contributed by atoms with E-state index in [0.29, 0.717) is 23.4 Å². The second-order valence-corrected chi connectivity index (χ2v) is 9.74. The number of hydrogen-bond acceptors (Lipinski definition) is 5. The lowest BCUT2D eigenvalue weighted by Gasteiger charge is -2.14. The van der Waals surface area contributed by atoms with Crippen LogP contribution in [0.5, 0.6) is 11.5 Å². The summed E-state index contributed by atoms with van der Waals surface area (Å²) in [6, 6.07) is 33.2. The average Bonchev–Trinajstić information content (AvgIpc) is 3.04. The predicted molar refractivity (Wildman–Crippen MR) is 165 cm³/mol. The van der Waals surface area contributed by atoms with Crippen LogP contribution in [0.15, 0.2) is 115 Å². The van der Waals surface area contributed by atoms with Crippen LogP contribution >= 0.6 is 0 Å². The highest BCUT2D eigenvalue weighted by molar-refractivity contribution is 6.05. The van der Waals surface area contributed by atoms with Gasteiger partial charge < -0.3 is 25.2 Å². The molecular weight excluding hydrogens is 544 g/mol. The van der Waals surface area contributed by atoms with E-state index in [2.05, 4.69) is 22.8 Å². The third-order valence-corrected chi connectivity index (χ3v) is 6.42. The van der Waals surface area contributed by atoms with E-state index in [1.165, 1.54) is 5.56 Å². The fourth-order valence-electron chi connectivity index (χ4n) is 4.23. The molecule has 8 nitrogen and oxygen atoms in total. The Bertz CT molecular complexity index is 1520. The third-order valence-electron chi connectivity index (χ3n) is 6.42. The number of aliphatic carboxylic acids is 1. The molecule has 0 fully saturated rings. The zero-order valence-corrected chi connectivity index (χ0v) is 23.7. The normalized spacial score (nSPS) is 10.9. The summed E-state index contributed by atoms with van der Waals surface area (Å²) < 4.78 is 11.4. The van der Waals surface area contributed by atoms with Crippen molar-refractivity contribution in [2.75, 3.05) is 13.2 Å². The zero-order valence-electron chi connectivity index (χ0n) is 23.7. The number of unbranched alkanes of at least 4 members (excludes halogenated alkanes) is 1. The quantitative estimate of drug-likeness (QED) is 0.124. The molecule has 0 aromatic heterocycles. The largest absolute Gasteiger partial charge is 0.485 e. The Labute approximate surface area is 251 Å². The molecule has 4 rings (SSSR count). The van der Waals surface area contributed by atoms with E-state index in [1.54, 1.807) is 54.6 Å². The number of benzene rings is 4. The minimum Gasteiger partial charge on any atom is -0.485 e. The van der Waals surface area contributed by atoms with Crippen molar-refractivity contribution in [3.8, 4) is 11.5 Å². The summed E-state index contributed by atoms with van der Waals surface area (Å²) in [6.07, 6.45) is 4.13. The second-order valence-electron chi connectivity index (χ2n) is 9.74. The third kappa shape index (κ3) is 10.2. The molecule has 0 saturated heterocycles. The average molecular weight is 579 g/mol. The van der Waals surface area contributed by atoms with E-state index in [9.17, 15) is 14.4 Å². The summed E-state index contributed by atoms with van der Waals surface area (Å²) in [5.74, 6) is -1.43. The minimum atomic E-state index is -1.12. The van der Waals surface area contributed by atoms with E-state index in [0.717, 1.165) is 24.8 Å². The van der Waals surface area contributed by atoms with Crippen LogP contribution in [0.4, 0.5) is 0 Å². The van der Waals surface area contributed by atoms with Crippen LogP contribution in [0.25, 0.3) is 6.08 Å². The van der Waals surface area contributed by atoms with Crippen molar-refractivity contribution in [3.63, 3.8) is 0 Å². The highest BCUT2D eigenvalue weighted by Crippen LogP contribution is 2.30. The fourth-order valence-corrected chi connectivity index (χ4v) is 4.23. The van der Waals surface area contributed by atoms with E-state index in [1.807, 2.05) is 48.5 Å². The maximum Gasteiger partial charge on any atom is 0.341 e. The summed E-state index contributed by atoms with van der Waals surface area (Å²) in [7, 11) is 0. The molecule has 0 radical (unpaired) electrons. The van der Waals surface area contributed by atoms with Crippen molar-refractivity contribution in [2.24, 2.45) is 0 Å². The number of rotatable bonds is 15. The molecule has 0 bridgehead atoms. The van der Waals surface area contributed by atoms with Crippen molar-refractivity contribution >= 4 is 23.9 Å². The van der Waals surface area contributed by atoms with Gasteiger partial charge in [-0.05, 0) is 66.3 Å². The summed E-state index contributed by atoms with van der Waals surface area (Å²) in [4.78, 5) is 37.4. The maximum absolute atomic E-state index is 13.3. The molecule has 43 heavy (non-hydrogen) atoms. The molecule has 0 aliphatic heterocycles. The lowest BCUT2D eigenvalue weighted by Crippen LogP contribution is -2.35. The Kier molecular flexibility index (Phi) is 11.5. The van der Waals surface area contributed by atoms with Crippen LogP contribution in [0.3, 0.4) is 0 Å². The van der Waals surface area contributed by atoms with Crippen molar-refractivity contribution in [2.45, 2.75) is 25.9 Å². The fraction of sp³-hybridized carbons (Fsp3) is 0.171. The molecule has 220 valence electrons. The van der Waals surface area contributed by atoms with Gasteiger partial charge in [-0.15, -0.1) is 0 Å². The first-order chi connectivity index (χ1) is 21.0. The molecule has 8 heteroatoms. The van der Waals surface area contributed by atoms with Gasteiger partial charge in [-0.3, -0.25) is 9.59 Å². The number of hydrogen-bond donors (Lipinski definition) is 3. The Morgan fingerprint density at radius 3 is 2.05 bits per heavy atom. The molecule has 4 aromatic carbocycles. The Morgan fingerprint density at radius 2 is 1.37 bits per heavy atom. The summed E-state index contributed by atoms with van der Waals surface area (Å²) in [5, 5.41) is 14.7. The van der Waals surface area contributed by atoms with E-state index in [-0.39, 0.29) is 18.1 Å². The van der Waals surface area contributed by atoms with Crippen LogP contribution < -0.4 is 20.1 Å². The number of carbonyl (C=O) groups is 3. The van der Waals surface area contributed by atoms with Gasteiger partial charge in [0.25, 0.3) is 11.8 Å². The van der Waals surface area contributed by atoms with Crippen LogP contribution in [0.1, 0.15) is 39.9 Å². The Morgan fingerprint density at radius 1 is 0.721 bits per heavy atom. The number of carbonyl (C=O) groups excluding carboxylic acids is 2. The van der Waals surface area contributed by atoms with Gasteiger partial charge in [0, 0.05) is 12.1 Å². The number of carboxylic acid groups (broad SMARTS) is 1. The highest BCUT2D eigenvalue weighted by Gasteiger charge is 2.16. The van der Waals surface area contributed by atoms with Crippen molar-refractivity contribution in [1.29, 1.82) is 0 Å². The van der Waals surface area contributed by atoms with Gasteiger partial charge in [-0.1, -0.05) is 84.9 Å². The molecule has 0 saturated carbocycles. The van der Waals surface area contributed by atoms with E-state index in [4.69, 9.17) is 14.6 Å². The lowest BCUT2D eigenvalue weighted by molar-refractivity contribution is -0.139. The van der Waals surface area contributed by atoms with Crippen molar-refractivity contribution in [3.05, 3.63) is 137 Å². The molecule has 0 unspecified atom stereocenters. The molecule has 0 spiro atoms. The molecule has 4 aromatic rings. The van der Waals surface area contributed by atoms with Crippen molar-refractivity contribution < 1.29 is 29.0 Å². The topological polar surface area (TPSA) is 114 Å². The van der Waals surface area contributed by atoms with Crippen LogP contribution in [0, 0.1) is 0 Å². The number of carboxylic acids is 1. The zero-order chi connectivity index (χ0) is 30.3. The van der Waals surface area contributed by atoms with Crippen LogP contribution in [-0.2, 0) is 22.6 Å². The van der Waals surface area contributed by atoms with Gasteiger partial charge in [-0.25, -0.2) is 4.79 Å². The number of ether oxygens (including phenoxy) is 2. The smallest absolute Gasteiger partial charge is 0.341 e. The maximum atomic E-state index is 13.3. The van der Waals surface area contributed by atoms with E-state index >= 15 is 0 Å². The number of nitrogens with one attached hydrogen (secondary N) is 2. The summed E-state index contributed by atoms with van der Waals surface area (Å²) >= 11 is 0. The van der Waals surface area contributed by atoms with Gasteiger partial charge in [-0.2, -0.15) is 0 Å². The first kappa shape index (κ1) is 30.6. The first-order valence-electron chi connectivity index (χ1n) is 14.0. The molecule has 3 N–H and O–H groups in total. The van der Waals surface area contributed by atoms with Gasteiger partial charge in [0.15, 0.2) is 18.1 Å². The van der Waals surface area contributed by atoms with Gasteiger partial charge in [0.2, 0.25) is 0 Å². The Hall–Kier alpha value is -5.37. The predicted octanol–water partition coefficient (Wildman–Crippen LogP) is 5.64. The van der Waals surface area contributed by atoms with Crippen LogP contribution in [-0.4, -0.2) is 36.0 Å². The summed E-state index contributed by atoms with van der Waals surface area (Å²) in [6.45, 7) is 0.123. The number of amides is 2. The van der Waals surface area contributed by atoms with E-state index < -0.39 is 24.4 Å². The molecule has 0 heterocycles. The molecule has 0 aliphatic carbocycles. The first-order valence-corrected chi connectivity index (χ1v) is 14.0. The minimum absolute atomic E-state index is 0.0603. The van der Waals surface area contributed by atoms with Gasteiger partial charge in [0.1, 0.15) is 12.3 Å². The lowest BCUT2D eigenvalue weighted by atomic mass is 10.1. The monoisotopic (exact) mass is 578 g/mol. The van der Waals surface area contributed by atoms with Crippen molar-refractivity contribution in [1.82, 2.24) is 10.6 Å². The highest BCUT2D eigenvalue weighted by atomic mass is 16.5.